The number of rotatable bonds is 7. The number of ether oxygens (including phenoxy) is 1. The first-order chi connectivity index (χ1) is 15.3. The molecule has 1 aliphatic rings. The highest BCUT2D eigenvalue weighted by molar-refractivity contribution is 7.91. The Kier molecular flexibility index (Phi) is 6.29. The first kappa shape index (κ1) is 22.4. The molecular formula is C25H29NO5S. The van der Waals surface area contributed by atoms with Gasteiger partial charge in [0.25, 0.3) is 0 Å². The largest absolute Gasteiger partial charge is 0.494 e. The SMILES string of the molecule is CCOc1ccc(CN(C(=O)Cc2coc3c(C)c(C)ccc23)C2CCS(=O)(=O)C2)cc1. The van der Waals surface area contributed by atoms with Crippen molar-refractivity contribution in [2.45, 2.75) is 46.2 Å². The molecule has 0 N–H and O–H groups in total. The van der Waals surface area contributed by atoms with Gasteiger partial charge in [-0.2, -0.15) is 0 Å². The maximum atomic E-state index is 13.4. The van der Waals surface area contributed by atoms with Crippen LogP contribution < -0.4 is 4.74 Å². The molecule has 6 nitrogen and oxygen atoms in total. The van der Waals surface area contributed by atoms with Crippen LogP contribution >= 0.6 is 0 Å². The summed E-state index contributed by atoms with van der Waals surface area (Å²) in [5.74, 6) is 0.813. The maximum Gasteiger partial charge on any atom is 0.227 e. The molecule has 7 heteroatoms. The maximum absolute atomic E-state index is 13.4. The number of aryl methyl sites for hydroxylation is 2. The number of benzene rings is 2. The Morgan fingerprint density at radius 1 is 1.16 bits per heavy atom. The molecular weight excluding hydrogens is 426 g/mol. The number of nitrogens with zero attached hydrogens (tertiary/aromatic N) is 1. The molecule has 1 amide bonds. The van der Waals surface area contributed by atoms with Crippen LogP contribution in [0.2, 0.25) is 0 Å². The molecule has 0 aliphatic carbocycles. The lowest BCUT2D eigenvalue weighted by Crippen LogP contribution is -2.41. The molecule has 32 heavy (non-hydrogen) atoms. The molecule has 0 spiro atoms. The first-order valence-corrected chi connectivity index (χ1v) is 12.8. The van der Waals surface area contributed by atoms with Crippen molar-refractivity contribution in [2.75, 3.05) is 18.1 Å². The van der Waals surface area contributed by atoms with Gasteiger partial charge >= 0.3 is 0 Å². The lowest BCUT2D eigenvalue weighted by molar-refractivity contribution is -0.133. The van der Waals surface area contributed by atoms with Gasteiger partial charge in [-0.15, -0.1) is 0 Å². The molecule has 0 saturated carbocycles. The summed E-state index contributed by atoms with van der Waals surface area (Å²) in [6, 6.07) is 11.3. The van der Waals surface area contributed by atoms with Crippen molar-refractivity contribution < 1.29 is 22.4 Å². The fraction of sp³-hybridized carbons (Fsp3) is 0.400. The predicted octanol–water partition coefficient (Wildman–Crippen LogP) is 4.21. The molecule has 1 aliphatic heterocycles. The van der Waals surface area contributed by atoms with E-state index in [1.165, 1.54) is 0 Å². The van der Waals surface area contributed by atoms with Crippen LogP contribution in [0.15, 0.2) is 47.1 Å². The molecule has 2 aromatic carbocycles. The quantitative estimate of drug-likeness (QED) is 0.533. The van der Waals surface area contributed by atoms with E-state index in [1.54, 1.807) is 11.2 Å². The number of amides is 1. The average molecular weight is 456 g/mol. The summed E-state index contributed by atoms with van der Waals surface area (Å²) in [5, 5.41) is 0.932. The Bertz CT molecular complexity index is 1230. The van der Waals surface area contributed by atoms with Crippen LogP contribution in [-0.2, 0) is 27.6 Å². The highest BCUT2D eigenvalue weighted by Gasteiger charge is 2.35. The average Bonchev–Trinajstić information content (AvgIpc) is 3.33. The molecule has 0 bridgehead atoms. The van der Waals surface area contributed by atoms with E-state index >= 15 is 0 Å². The first-order valence-electron chi connectivity index (χ1n) is 11.0. The lowest BCUT2D eigenvalue weighted by Gasteiger charge is -2.28. The van der Waals surface area contributed by atoms with Crippen LogP contribution in [0, 0.1) is 13.8 Å². The van der Waals surface area contributed by atoms with Crippen molar-refractivity contribution in [3.8, 4) is 5.75 Å². The summed E-state index contributed by atoms with van der Waals surface area (Å²) >= 11 is 0. The van der Waals surface area contributed by atoms with E-state index in [4.69, 9.17) is 9.15 Å². The second kappa shape index (κ2) is 8.98. The zero-order valence-electron chi connectivity index (χ0n) is 18.8. The lowest BCUT2D eigenvalue weighted by atomic mass is 10.0. The third kappa shape index (κ3) is 4.67. The van der Waals surface area contributed by atoms with Crippen molar-refractivity contribution in [3.05, 3.63) is 64.9 Å². The Morgan fingerprint density at radius 2 is 1.91 bits per heavy atom. The van der Waals surface area contributed by atoms with Gasteiger partial charge < -0.3 is 14.1 Å². The van der Waals surface area contributed by atoms with E-state index in [-0.39, 0.29) is 29.9 Å². The van der Waals surface area contributed by atoms with Crippen molar-refractivity contribution in [3.63, 3.8) is 0 Å². The Hall–Kier alpha value is -2.80. The second-order valence-corrected chi connectivity index (χ2v) is 10.7. The molecule has 4 rings (SSSR count). The number of hydrogen-bond acceptors (Lipinski definition) is 5. The van der Waals surface area contributed by atoms with Crippen molar-refractivity contribution in [1.82, 2.24) is 4.90 Å². The standard InChI is InChI=1S/C25H29NO5S/c1-4-30-22-8-6-19(7-9-22)14-26(21-11-12-32(28,29)16-21)24(27)13-20-15-31-25-18(3)17(2)5-10-23(20)25/h5-10,15,21H,4,11-14,16H2,1-3H3. The van der Waals surface area contributed by atoms with Crippen LogP contribution in [0.1, 0.15) is 35.6 Å². The van der Waals surface area contributed by atoms with Gasteiger partial charge in [-0.1, -0.05) is 24.3 Å². The molecule has 1 unspecified atom stereocenters. The zero-order valence-corrected chi connectivity index (χ0v) is 19.6. The van der Waals surface area contributed by atoms with E-state index in [0.717, 1.165) is 39.0 Å². The number of hydrogen-bond donors (Lipinski definition) is 0. The fourth-order valence-corrected chi connectivity index (χ4v) is 6.02. The van der Waals surface area contributed by atoms with Gasteiger partial charge in [0.05, 0.1) is 30.8 Å². The van der Waals surface area contributed by atoms with Gasteiger partial charge in [0.15, 0.2) is 9.84 Å². The van der Waals surface area contributed by atoms with Crippen LogP contribution in [-0.4, -0.2) is 43.4 Å². The van der Waals surface area contributed by atoms with E-state index < -0.39 is 9.84 Å². The number of carbonyl (C=O) groups is 1. The minimum absolute atomic E-state index is 0.0141. The smallest absolute Gasteiger partial charge is 0.227 e. The summed E-state index contributed by atoms with van der Waals surface area (Å²) in [5.41, 5.74) is 4.77. The van der Waals surface area contributed by atoms with Crippen LogP contribution in [0.25, 0.3) is 11.0 Å². The molecule has 3 aromatic rings. The van der Waals surface area contributed by atoms with Gasteiger partial charge in [-0.25, -0.2) is 8.42 Å². The Morgan fingerprint density at radius 3 is 2.56 bits per heavy atom. The van der Waals surface area contributed by atoms with Crippen molar-refractivity contribution >= 4 is 26.7 Å². The molecule has 0 radical (unpaired) electrons. The van der Waals surface area contributed by atoms with Crippen molar-refractivity contribution in [2.24, 2.45) is 0 Å². The van der Waals surface area contributed by atoms with E-state index in [9.17, 15) is 13.2 Å². The monoisotopic (exact) mass is 455 g/mol. The topological polar surface area (TPSA) is 76.8 Å². The molecule has 1 atom stereocenters. The number of carbonyl (C=O) groups excluding carboxylic acids is 1. The summed E-state index contributed by atoms with van der Waals surface area (Å²) in [6.45, 7) is 6.91. The van der Waals surface area contributed by atoms with E-state index in [1.807, 2.05) is 57.2 Å². The Balaban J connectivity index is 1.59. The number of sulfone groups is 1. The molecule has 1 fully saturated rings. The van der Waals surface area contributed by atoms with Crippen molar-refractivity contribution in [1.29, 1.82) is 0 Å². The van der Waals surface area contributed by atoms with Gasteiger partial charge in [0.2, 0.25) is 5.91 Å². The predicted molar refractivity (Wildman–Crippen MR) is 125 cm³/mol. The van der Waals surface area contributed by atoms with Gasteiger partial charge in [-0.3, -0.25) is 4.79 Å². The minimum atomic E-state index is -3.12. The van der Waals surface area contributed by atoms with Gasteiger partial charge in [0.1, 0.15) is 11.3 Å². The summed E-state index contributed by atoms with van der Waals surface area (Å²) in [6.07, 6.45) is 2.29. The molecule has 1 aromatic heterocycles. The highest BCUT2D eigenvalue weighted by atomic mass is 32.2. The minimum Gasteiger partial charge on any atom is -0.494 e. The molecule has 2 heterocycles. The number of furan rings is 1. The van der Waals surface area contributed by atoms with E-state index in [2.05, 4.69) is 0 Å². The van der Waals surface area contributed by atoms with E-state index in [0.29, 0.717) is 19.6 Å². The zero-order chi connectivity index (χ0) is 22.9. The van der Waals surface area contributed by atoms with Gasteiger partial charge in [0, 0.05) is 23.5 Å². The molecule has 1 saturated heterocycles. The normalized spacial score (nSPS) is 17.5. The summed E-state index contributed by atoms with van der Waals surface area (Å²) in [7, 11) is -3.12. The molecule has 170 valence electrons. The summed E-state index contributed by atoms with van der Waals surface area (Å²) in [4.78, 5) is 15.2. The third-order valence-electron chi connectivity index (χ3n) is 6.24. The summed E-state index contributed by atoms with van der Waals surface area (Å²) < 4.78 is 35.5. The third-order valence-corrected chi connectivity index (χ3v) is 7.99. The highest BCUT2D eigenvalue weighted by Crippen LogP contribution is 2.28. The van der Waals surface area contributed by atoms with Crippen LogP contribution in [0.3, 0.4) is 0 Å². The van der Waals surface area contributed by atoms with Crippen LogP contribution in [0.5, 0.6) is 5.75 Å². The second-order valence-electron chi connectivity index (χ2n) is 8.48. The van der Waals surface area contributed by atoms with Crippen LogP contribution in [0.4, 0.5) is 0 Å². The van der Waals surface area contributed by atoms with Gasteiger partial charge in [-0.05, 0) is 56.0 Å². The number of fused-ring (bicyclic) bond motifs is 1. The fourth-order valence-electron chi connectivity index (χ4n) is 4.29. The Labute approximate surface area is 189 Å².